The van der Waals surface area contributed by atoms with E-state index in [0.717, 1.165) is 17.1 Å². The molecule has 2 heterocycles. The van der Waals surface area contributed by atoms with Crippen LogP contribution < -0.4 is 10.0 Å². The predicted octanol–water partition coefficient (Wildman–Crippen LogP) is 3.15. The molecule has 32 heavy (non-hydrogen) atoms. The molecule has 1 aliphatic carbocycles. The van der Waals surface area contributed by atoms with Crippen molar-refractivity contribution in [2.75, 3.05) is 23.6 Å². The standard InChI is InChI=1S/C21H25FN6O3S/c1-4-28(3)32(30,31)27-16-7-5-6-14(18(16)22)19(29)15-10-23-20-17(15)21(25-11-24-20)26-12(2)13-8-9-13/h5-7,10-13,27H,4,8-9H2,1-3H3,(H2,23,24,25,26)/t12-/m0/s1. The Balaban J connectivity index is 1.71. The third-order valence-electron chi connectivity index (χ3n) is 5.75. The first-order valence-electron chi connectivity index (χ1n) is 10.4. The molecular weight excluding hydrogens is 435 g/mol. The van der Waals surface area contributed by atoms with Crippen LogP contribution in [-0.4, -0.2) is 53.1 Å². The minimum Gasteiger partial charge on any atom is -0.367 e. The van der Waals surface area contributed by atoms with Gasteiger partial charge in [-0.1, -0.05) is 13.0 Å². The third kappa shape index (κ3) is 4.17. The second kappa shape index (κ2) is 8.47. The van der Waals surface area contributed by atoms with Gasteiger partial charge in [-0.2, -0.15) is 12.7 Å². The number of nitrogens with one attached hydrogen (secondary N) is 3. The lowest BCUT2D eigenvalue weighted by Crippen LogP contribution is -2.32. The third-order valence-corrected chi connectivity index (χ3v) is 7.30. The molecule has 1 atom stereocenters. The van der Waals surface area contributed by atoms with Crippen LogP contribution in [0.25, 0.3) is 11.0 Å². The van der Waals surface area contributed by atoms with Crippen LogP contribution in [0.2, 0.25) is 0 Å². The highest BCUT2D eigenvalue weighted by atomic mass is 32.2. The number of carbonyl (C=O) groups excluding carboxylic acids is 1. The lowest BCUT2D eigenvalue weighted by Gasteiger charge is -2.17. The van der Waals surface area contributed by atoms with E-state index < -0.39 is 21.8 Å². The summed E-state index contributed by atoms with van der Waals surface area (Å²) in [7, 11) is -2.57. The molecule has 0 radical (unpaired) electrons. The maximum atomic E-state index is 15.2. The van der Waals surface area contributed by atoms with Crippen molar-refractivity contribution in [2.45, 2.75) is 32.7 Å². The molecule has 0 aliphatic heterocycles. The van der Waals surface area contributed by atoms with Crippen molar-refractivity contribution >= 4 is 38.5 Å². The monoisotopic (exact) mass is 460 g/mol. The summed E-state index contributed by atoms with van der Waals surface area (Å²) >= 11 is 0. The van der Waals surface area contributed by atoms with E-state index in [9.17, 15) is 13.2 Å². The van der Waals surface area contributed by atoms with Gasteiger partial charge in [-0.25, -0.2) is 14.4 Å². The van der Waals surface area contributed by atoms with Gasteiger partial charge < -0.3 is 10.3 Å². The molecule has 0 spiro atoms. The van der Waals surface area contributed by atoms with Crippen LogP contribution in [0, 0.1) is 11.7 Å². The van der Waals surface area contributed by atoms with Crippen molar-refractivity contribution < 1.29 is 17.6 Å². The number of rotatable bonds is 9. The van der Waals surface area contributed by atoms with Gasteiger partial charge in [-0.15, -0.1) is 0 Å². The van der Waals surface area contributed by atoms with E-state index in [1.54, 1.807) is 6.92 Å². The zero-order valence-electron chi connectivity index (χ0n) is 18.0. The van der Waals surface area contributed by atoms with Crippen molar-refractivity contribution in [3.8, 4) is 0 Å². The Labute approximate surface area is 185 Å². The number of fused-ring (bicyclic) bond motifs is 1. The normalized spacial score (nSPS) is 15.2. The number of aromatic amines is 1. The summed E-state index contributed by atoms with van der Waals surface area (Å²) in [5, 5.41) is 3.81. The second-order valence-corrected chi connectivity index (χ2v) is 9.71. The van der Waals surface area contributed by atoms with E-state index in [4.69, 9.17) is 0 Å². The van der Waals surface area contributed by atoms with Crippen LogP contribution in [0.3, 0.4) is 0 Å². The van der Waals surface area contributed by atoms with Crippen molar-refractivity contribution in [1.82, 2.24) is 19.3 Å². The molecule has 9 nitrogen and oxygen atoms in total. The molecule has 0 bridgehead atoms. The summed E-state index contributed by atoms with van der Waals surface area (Å²) in [5.41, 5.74) is 0.106. The van der Waals surface area contributed by atoms with E-state index >= 15 is 4.39 Å². The summed E-state index contributed by atoms with van der Waals surface area (Å²) in [6.07, 6.45) is 5.15. The number of halogens is 1. The first-order chi connectivity index (χ1) is 15.2. The maximum Gasteiger partial charge on any atom is 0.301 e. The van der Waals surface area contributed by atoms with Gasteiger partial charge in [0.1, 0.15) is 17.8 Å². The Kier molecular flexibility index (Phi) is 5.87. The highest BCUT2D eigenvalue weighted by Gasteiger charge is 2.29. The van der Waals surface area contributed by atoms with Gasteiger partial charge >= 0.3 is 10.2 Å². The largest absolute Gasteiger partial charge is 0.367 e. The van der Waals surface area contributed by atoms with Crippen LogP contribution in [0.4, 0.5) is 15.9 Å². The fourth-order valence-corrected chi connectivity index (χ4v) is 4.43. The first-order valence-corrected chi connectivity index (χ1v) is 11.8. The number of hydrogen-bond acceptors (Lipinski definition) is 6. The second-order valence-electron chi connectivity index (χ2n) is 7.94. The molecule has 0 amide bonds. The van der Waals surface area contributed by atoms with Gasteiger partial charge in [0, 0.05) is 25.8 Å². The van der Waals surface area contributed by atoms with Crippen molar-refractivity contribution in [2.24, 2.45) is 5.92 Å². The fraction of sp³-hybridized carbons (Fsp3) is 0.381. The minimum absolute atomic E-state index is 0.177. The Bertz CT molecular complexity index is 1270. The average molecular weight is 461 g/mol. The van der Waals surface area contributed by atoms with Crippen LogP contribution >= 0.6 is 0 Å². The van der Waals surface area contributed by atoms with Crippen molar-refractivity contribution in [3.05, 3.63) is 47.7 Å². The Morgan fingerprint density at radius 1 is 1.31 bits per heavy atom. The van der Waals surface area contributed by atoms with Crippen molar-refractivity contribution in [1.29, 1.82) is 0 Å². The van der Waals surface area contributed by atoms with Crippen LogP contribution in [0.15, 0.2) is 30.7 Å². The first kappa shape index (κ1) is 22.2. The molecule has 4 rings (SSSR count). The molecule has 0 unspecified atom stereocenters. The maximum absolute atomic E-state index is 15.2. The minimum atomic E-state index is -3.94. The zero-order chi connectivity index (χ0) is 23.0. The number of H-pyrrole nitrogens is 1. The van der Waals surface area contributed by atoms with Crippen LogP contribution in [0.1, 0.15) is 42.6 Å². The Morgan fingerprint density at radius 3 is 2.75 bits per heavy atom. The van der Waals surface area contributed by atoms with Gasteiger partial charge in [0.2, 0.25) is 0 Å². The lowest BCUT2D eigenvalue weighted by molar-refractivity contribution is 0.103. The Morgan fingerprint density at radius 2 is 2.06 bits per heavy atom. The number of carbonyl (C=O) groups is 1. The van der Waals surface area contributed by atoms with Crippen molar-refractivity contribution in [3.63, 3.8) is 0 Å². The number of hydrogen-bond donors (Lipinski definition) is 3. The molecule has 170 valence electrons. The topological polar surface area (TPSA) is 120 Å². The fourth-order valence-electron chi connectivity index (χ4n) is 3.50. The smallest absolute Gasteiger partial charge is 0.301 e. The molecule has 0 saturated heterocycles. The van der Waals surface area contributed by atoms with Gasteiger partial charge in [0.05, 0.1) is 22.2 Å². The van der Waals surface area contributed by atoms with E-state index in [1.165, 1.54) is 37.8 Å². The number of aromatic nitrogens is 3. The molecule has 11 heteroatoms. The molecule has 3 N–H and O–H groups in total. The number of benzene rings is 1. The predicted molar refractivity (Wildman–Crippen MR) is 120 cm³/mol. The molecule has 2 aromatic heterocycles. The zero-order valence-corrected chi connectivity index (χ0v) is 18.8. The van der Waals surface area contributed by atoms with Gasteiger partial charge in [0.25, 0.3) is 0 Å². The van der Waals surface area contributed by atoms with E-state index in [0.29, 0.717) is 22.8 Å². The highest BCUT2D eigenvalue weighted by Crippen LogP contribution is 2.35. The van der Waals surface area contributed by atoms with E-state index in [2.05, 4.69) is 31.9 Å². The SMILES string of the molecule is CCN(C)S(=O)(=O)Nc1cccc(C(=O)c2c[nH]c3ncnc(N[C@@H](C)C4CC4)c23)c1F. The summed E-state index contributed by atoms with van der Waals surface area (Å²) in [4.78, 5) is 24.7. The molecule has 1 aliphatic rings. The average Bonchev–Trinajstić information content (AvgIpc) is 3.53. The lowest BCUT2D eigenvalue weighted by atomic mass is 10.0. The van der Waals surface area contributed by atoms with Gasteiger partial charge in [-0.05, 0) is 37.8 Å². The highest BCUT2D eigenvalue weighted by molar-refractivity contribution is 7.90. The molecule has 3 aromatic rings. The number of ketones is 1. The van der Waals surface area contributed by atoms with Crippen LogP contribution in [0.5, 0.6) is 0 Å². The number of anilines is 2. The summed E-state index contributed by atoms with van der Waals surface area (Å²) in [5.74, 6) is -0.490. The van der Waals surface area contributed by atoms with Crippen LogP contribution in [-0.2, 0) is 10.2 Å². The van der Waals surface area contributed by atoms with Gasteiger partial charge in [-0.3, -0.25) is 9.52 Å². The molecule has 1 aromatic carbocycles. The molecule has 1 saturated carbocycles. The molecule has 1 fully saturated rings. The number of nitrogens with zero attached hydrogens (tertiary/aromatic N) is 3. The quantitative estimate of drug-likeness (QED) is 0.422. The van der Waals surface area contributed by atoms with Gasteiger partial charge in [0.15, 0.2) is 11.6 Å². The Hall–Kier alpha value is -3.05. The summed E-state index contributed by atoms with van der Waals surface area (Å²) < 4.78 is 43.1. The summed E-state index contributed by atoms with van der Waals surface area (Å²) in [6.45, 7) is 3.92. The summed E-state index contributed by atoms with van der Waals surface area (Å²) in [6, 6.07) is 4.20. The molecular formula is C21H25FN6O3S. The van der Waals surface area contributed by atoms with E-state index in [1.807, 2.05) is 0 Å². The van der Waals surface area contributed by atoms with E-state index in [-0.39, 0.29) is 29.4 Å².